The molecule has 0 bridgehead atoms. The van der Waals surface area contributed by atoms with Crippen molar-refractivity contribution in [3.05, 3.63) is 23.8 Å². The summed E-state index contributed by atoms with van der Waals surface area (Å²) in [5, 5.41) is 11.2. The van der Waals surface area contributed by atoms with Gasteiger partial charge in [0.15, 0.2) is 17.0 Å². The number of nitrogens with one attached hydrogen (secondary N) is 1. The summed E-state index contributed by atoms with van der Waals surface area (Å²) in [6, 6.07) is 5.25. The number of carboxylic acid groups (broad SMARTS) is 1. The van der Waals surface area contributed by atoms with Gasteiger partial charge in [-0.3, -0.25) is 0 Å². The van der Waals surface area contributed by atoms with Gasteiger partial charge in [-0.1, -0.05) is 6.07 Å². The molecule has 2 unspecified atom stereocenters. The van der Waals surface area contributed by atoms with E-state index in [1.165, 1.54) is 0 Å². The molecule has 2 N–H and O–H groups in total. The van der Waals surface area contributed by atoms with Crippen LogP contribution < -0.4 is 14.8 Å². The van der Waals surface area contributed by atoms with E-state index in [0.29, 0.717) is 11.5 Å². The van der Waals surface area contributed by atoms with E-state index in [2.05, 4.69) is 5.32 Å². The van der Waals surface area contributed by atoms with Gasteiger partial charge in [0.2, 0.25) is 6.79 Å². The molecule has 7 heteroatoms. The highest BCUT2D eigenvalue weighted by Crippen LogP contribution is 2.36. The van der Waals surface area contributed by atoms with Crippen LogP contribution in [0.3, 0.4) is 0 Å². The minimum absolute atomic E-state index is 0.162. The van der Waals surface area contributed by atoms with Crippen LogP contribution >= 0.6 is 0 Å². The summed E-state index contributed by atoms with van der Waals surface area (Å²) < 4.78 is 15.4. The monoisotopic (exact) mass is 279 g/mol. The van der Waals surface area contributed by atoms with E-state index in [1.54, 1.807) is 25.1 Å². The maximum atomic E-state index is 11.7. The molecule has 1 fully saturated rings. The minimum atomic E-state index is -1.26. The number of hydrogen-bond acceptors (Lipinski definition) is 5. The van der Waals surface area contributed by atoms with Gasteiger partial charge >= 0.3 is 12.1 Å². The standard InChI is InChI=1S/C13H13NO6/c1-7-13(11(15)20-7,14-12(16)17)5-8-2-3-9-10(4-8)19-6-18-9/h2-4,7,14H,5-6H2,1H3,(H,16,17). The predicted octanol–water partition coefficient (Wildman–Crippen LogP) is 0.909. The van der Waals surface area contributed by atoms with Gasteiger partial charge in [-0.05, 0) is 24.6 Å². The second-order valence-electron chi connectivity index (χ2n) is 4.81. The number of carbonyl (C=O) groups excluding carboxylic acids is 1. The van der Waals surface area contributed by atoms with E-state index in [-0.39, 0.29) is 13.2 Å². The first kappa shape index (κ1) is 12.6. The SMILES string of the molecule is CC1OC(=O)C1(Cc1ccc2c(c1)OCO2)NC(=O)O. The van der Waals surface area contributed by atoms with Crippen LogP contribution in [0, 0.1) is 0 Å². The lowest BCUT2D eigenvalue weighted by Gasteiger charge is -2.44. The molecule has 2 atom stereocenters. The third-order valence-corrected chi connectivity index (χ3v) is 3.59. The quantitative estimate of drug-likeness (QED) is 0.799. The smallest absolute Gasteiger partial charge is 0.405 e. The summed E-state index contributed by atoms with van der Waals surface area (Å²) in [4.78, 5) is 22.6. The highest BCUT2D eigenvalue weighted by atomic mass is 16.7. The van der Waals surface area contributed by atoms with Gasteiger partial charge in [-0.2, -0.15) is 0 Å². The molecule has 1 saturated heterocycles. The normalized spacial score (nSPS) is 26.6. The van der Waals surface area contributed by atoms with Gasteiger partial charge in [-0.25, -0.2) is 9.59 Å². The molecule has 7 nitrogen and oxygen atoms in total. The number of esters is 1. The Morgan fingerprint density at radius 3 is 2.85 bits per heavy atom. The van der Waals surface area contributed by atoms with Crippen LogP contribution in [0.5, 0.6) is 11.5 Å². The number of fused-ring (bicyclic) bond motifs is 1. The van der Waals surface area contributed by atoms with Gasteiger partial charge in [0.05, 0.1) is 0 Å². The summed E-state index contributed by atoms with van der Waals surface area (Å²) in [6.07, 6.45) is -1.57. The molecular weight excluding hydrogens is 266 g/mol. The van der Waals surface area contributed by atoms with Gasteiger partial charge in [0.1, 0.15) is 6.10 Å². The van der Waals surface area contributed by atoms with Crippen molar-refractivity contribution in [3.8, 4) is 11.5 Å². The van der Waals surface area contributed by atoms with Crippen molar-refractivity contribution < 1.29 is 28.9 Å². The van der Waals surface area contributed by atoms with Crippen LogP contribution in [0.25, 0.3) is 0 Å². The third-order valence-electron chi connectivity index (χ3n) is 3.59. The first-order valence-corrected chi connectivity index (χ1v) is 6.12. The summed E-state index contributed by atoms with van der Waals surface area (Å²) in [5.41, 5.74) is -0.467. The highest BCUT2D eigenvalue weighted by Gasteiger charge is 2.57. The highest BCUT2D eigenvalue weighted by molar-refractivity contribution is 5.91. The maximum Gasteiger partial charge on any atom is 0.405 e. The Labute approximate surface area is 114 Å². The molecule has 106 valence electrons. The fourth-order valence-electron chi connectivity index (χ4n) is 2.45. The van der Waals surface area contributed by atoms with Crippen LogP contribution in [0.2, 0.25) is 0 Å². The van der Waals surface area contributed by atoms with Crippen LogP contribution in [0.15, 0.2) is 18.2 Å². The Kier molecular flexibility index (Phi) is 2.70. The number of hydrogen-bond donors (Lipinski definition) is 2. The van der Waals surface area contributed by atoms with E-state index < -0.39 is 23.7 Å². The summed E-state index contributed by atoms with van der Waals surface area (Å²) in [5.74, 6) is 0.664. The van der Waals surface area contributed by atoms with Crippen molar-refractivity contribution in [2.24, 2.45) is 0 Å². The summed E-state index contributed by atoms with van der Waals surface area (Å²) in [6.45, 7) is 1.82. The Morgan fingerprint density at radius 1 is 1.45 bits per heavy atom. The second kappa shape index (κ2) is 4.29. The van der Waals surface area contributed by atoms with E-state index in [1.807, 2.05) is 0 Å². The van der Waals surface area contributed by atoms with Gasteiger partial charge in [0.25, 0.3) is 0 Å². The van der Waals surface area contributed by atoms with Gasteiger partial charge in [0, 0.05) is 6.42 Å². The van der Waals surface area contributed by atoms with Crippen molar-refractivity contribution in [3.63, 3.8) is 0 Å². The van der Waals surface area contributed by atoms with E-state index in [9.17, 15) is 9.59 Å². The van der Waals surface area contributed by atoms with Crippen molar-refractivity contribution in [2.75, 3.05) is 6.79 Å². The maximum absolute atomic E-state index is 11.7. The molecule has 2 aliphatic heterocycles. The number of carbonyl (C=O) groups is 2. The molecule has 0 saturated carbocycles. The molecule has 2 aliphatic rings. The van der Waals surface area contributed by atoms with Gasteiger partial charge in [-0.15, -0.1) is 0 Å². The molecule has 0 aromatic heterocycles. The molecule has 0 aliphatic carbocycles. The van der Waals surface area contributed by atoms with Crippen molar-refractivity contribution >= 4 is 12.1 Å². The first-order chi connectivity index (χ1) is 9.51. The average Bonchev–Trinajstić information content (AvgIpc) is 2.85. The first-order valence-electron chi connectivity index (χ1n) is 6.12. The van der Waals surface area contributed by atoms with Crippen LogP contribution in [-0.2, 0) is 16.0 Å². The Morgan fingerprint density at radius 2 is 2.20 bits per heavy atom. The second-order valence-corrected chi connectivity index (χ2v) is 4.81. The number of rotatable bonds is 3. The van der Waals surface area contributed by atoms with Crippen molar-refractivity contribution in [1.82, 2.24) is 5.32 Å². The van der Waals surface area contributed by atoms with E-state index >= 15 is 0 Å². The lowest BCUT2D eigenvalue weighted by atomic mass is 9.81. The lowest BCUT2D eigenvalue weighted by Crippen LogP contribution is -2.71. The molecule has 3 rings (SSSR count). The Balaban J connectivity index is 1.87. The van der Waals surface area contributed by atoms with Crippen molar-refractivity contribution in [2.45, 2.75) is 25.0 Å². The Bertz CT molecular complexity index is 586. The Hall–Kier alpha value is -2.44. The van der Waals surface area contributed by atoms with Crippen LogP contribution in [0.4, 0.5) is 4.79 Å². The zero-order valence-electron chi connectivity index (χ0n) is 10.7. The fourth-order valence-corrected chi connectivity index (χ4v) is 2.45. The predicted molar refractivity (Wildman–Crippen MR) is 65.7 cm³/mol. The fraction of sp³-hybridized carbons (Fsp3) is 0.385. The average molecular weight is 279 g/mol. The zero-order valence-corrected chi connectivity index (χ0v) is 10.7. The minimum Gasteiger partial charge on any atom is -0.465 e. The molecule has 1 amide bonds. The lowest BCUT2D eigenvalue weighted by molar-refractivity contribution is -0.190. The van der Waals surface area contributed by atoms with E-state index in [4.69, 9.17) is 19.3 Å². The number of cyclic esters (lactones) is 1. The summed E-state index contributed by atoms with van der Waals surface area (Å²) >= 11 is 0. The summed E-state index contributed by atoms with van der Waals surface area (Å²) in [7, 11) is 0. The zero-order chi connectivity index (χ0) is 14.3. The van der Waals surface area contributed by atoms with Crippen molar-refractivity contribution in [1.29, 1.82) is 0 Å². The molecular formula is C13H13NO6. The van der Waals surface area contributed by atoms with E-state index in [0.717, 1.165) is 5.56 Å². The molecule has 0 spiro atoms. The molecule has 1 aromatic carbocycles. The molecule has 0 radical (unpaired) electrons. The number of benzene rings is 1. The topological polar surface area (TPSA) is 94.1 Å². The largest absolute Gasteiger partial charge is 0.465 e. The molecule has 2 heterocycles. The van der Waals surface area contributed by atoms with Crippen LogP contribution in [0.1, 0.15) is 12.5 Å². The van der Waals surface area contributed by atoms with Crippen LogP contribution in [-0.4, -0.2) is 35.6 Å². The molecule has 1 aromatic rings. The third kappa shape index (κ3) is 1.82. The van der Waals surface area contributed by atoms with Gasteiger partial charge < -0.3 is 24.6 Å². The number of ether oxygens (including phenoxy) is 3. The molecule has 20 heavy (non-hydrogen) atoms. The number of amides is 1.